The lowest BCUT2D eigenvalue weighted by Gasteiger charge is -2.48. The smallest absolute Gasteiger partial charge is 0.321 e. The van der Waals surface area contributed by atoms with Crippen LogP contribution in [0.4, 0.5) is 10.5 Å². The van der Waals surface area contributed by atoms with E-state index < -0.39 is 72.2 Å². The van der Waals surface area contributed by atoms with Crippen molar-refractivity contribution in [3.05, 3.63) is 65.3 Å². The number of carbonyl (C=O) groups excluding carboxylic acids is 2. The van der Waals surface area contributed by atoms with Gasteiger partial charge in [-0.05, 0) is 103 Å². The molecule has 15 nitrogen and oxygen atoms in total. The Balaban J connectivity index is 1.42. The molecule has 0 aliphatic carbocycles. The summed E-state index contributed by atoms with van der Waals surface area (Å²) in [6, 6.07) is 13.5. The average Bonchev–Trinajstić information content (AvgIpc) is 3.63. The Hall–Kier alpha value is -3.35. The van der Waals surface area contributed by atoms with Gasteiger partial charge in [-0.2, -0.15) is 0 Å². The van der Waals surface area contributed by atoms with Crippen molar-refractivity contribution in [2.45, 2.75) is 147 Å². The zero-order valence-corrected chi connectivity index (χ0v) is 39.2. The maximum absolute atomic E-state index is 14.9. The fraction of sp³-hybridized carbons (Fsp3) is 0.660. The van der Waals surface area contributed by atoms with E-state index in [9.17, 15) is 24.9 Å². The van der Waals surface area contributed by atoms with Crippen LogP contribution in [0.1, 0.15) is 73.3 Å². The second kappa shape index (κ2) is 20.4. The lowest BCUT2D eigenvalue weighted by molar-refractivity contribution is -0.317. The highest BCUT2D eigenvalue weighted by Crippen LogP contribution is 2.39. The molecule has 3 aromatic rings. The first-order chi connectivity index (χ1) is 29.7. The first kappa shape index (κ1) is 49.1. The second-order valence-electron chi connectivity index (χ2n) is 19.1. The summed E-state index contributed by atoms with van der Waals surface area (Å²) in [7, 11) is 5.31. The van der Waals surface area contributed by atoms with E-state index in [1.165, 1.54) is 7.11 Å². The molecule has 4 heterocycles. The Bertz CT molecular complexity index is 1980. The molecule has 16 heteroatoms. The molecule has 3 aliphatic heterocycles. The summed E-state index contributed by atoms with van der Waals surface area (Å²) < 4.78 is 32.1. The fourth-order valence-electron chi connectivity index (χ4n) is 9.99. The van der Waals surface area contributed by atoms with Gasteiger partial charge in [0.1, 0.15) is 12.2 Å². The van der Waals surface area contributed by atoms with Crippen molar-refractivity contribution in [3.8, 4) is 0 Å². The van der Waals surface area contributed by atoms with Crippen molar-refractivity contribution in [1.82, 2.24) is 20.1 Å². The molecule has 2 aromatic carbocycles. The number of H-pyrrole nitrogens is 1. The van der Waals surface area contributed by atoms with Crippen LogP contribution in [-0.2, 0) is 34.9 Å². The number of rotatable bonds is 9. The quantitative estimate of drug-likeness (QED) is 0.158. The minimum atomic E-state index is -1.62. The summed E-state index contributed by atoms with van der Waals surface area (Å²) in [5.41, 5.74) is -0.175. The number of para-hydroxylation sites is 1. The van der Waals surface area contributed by atoms with Gasteiger partial charge in [0, 0.05) is 66.4 Å². The van der Waals surface area contributed by atoms with Crippen LogP contribution in [0.15, 0.2) is 54.7 Å². The van der Waals surface area contributed by atoms with Crippen LogP contribution >= 0.6 is 11.6 Å². The normalized spacial score (nSPS) is 37.5. The molecular formula is C47H70ClN5O10. The summed E-state index contributed by atoms with van der Waals surface area (Å²) >= 11 is 6.17. The number of urea groups is 1. The molecule has 6 rings (SSSR count). The van der Waals surface area contributed by atoms with Crippen LogP contribution in [0.5, 0.6) is 0 Å². The van der Waals surface area contributed by atoms with Crippen molar-refractivity contribution in [2.75, 3.05) is 39.6 Å². The molecule has 0 radical (unpaired) electrons. The van der Waals surface area contributed by atoms with Crippen molar-refractivity contribution < 1.29 is 48.6 Å². The van der Waals surface area contributed by atoms with Gasteiger partial charge < -0.3 is 64.4 Å². The van der Waals surface area contributed by atoms with Gasteiger partial charge in [0.05, 0.1) is 47.6 Å². The van der Waals surface area contributed by atoms with Gasteiger partial charge >= 0.3 is 6.03 Å². The van der Waals surface area contributed by atoms with Crippen molar-refractivity contribution >= 4 is 40.1 Å². The number of nitrogens with one attached hydrogen (secondary N) is 3. The lowest BCUT2D eigenvalue weighted by Crippen LogP contribution is -2.60. The van der Waals surface area contributed by atoms with Crippen LogP contribution in [0.2, 0.25) is 5.02 Å². The molecule has 350 valence electrons. The maximum atomic E-state index is 14.9. The number of fused-ring (bicyclic) bond motifs is 1. The minimum absolute atomic E-state index is 0.129. The second-order valence-corrected chi connectivity index (χ2v) is 19.5. The van der Waals surface area contributed by atoms with E-state index >= 15 is 0 Å². The van der Waals surface area contributed by atoms with E-state index in [2.05, 4.69) is 15.6 Å². The van der Waals surface area contributed by atoms with E-state index in [4.69, 9.17) is 35.3 Å². The molecule has 3 amide bonds. The number of likely N-dealkylation sites (N-methyl/N-ethyl adjacent to an activating group) is 1. The molecule has 0 spiro atoms. The SMILES string of the molecule is CO[C@]1(C)CC(O[C@H]2[C@H](C)[C@@H](OC3O[C@H](C)C[C@H](N(C)C)[C@H]3O)[C@](C)(O)C[C@@H](C)CN(C(=O)Nc3ccc(Cl)cc3)CC(Cc3c[nH]c4ccccc34)NC(=O)[C@@H]2C)OC(C)[C@@H]1O. The maximum Gasteiger partial charge on any atom is 0.321 e. The molecule has 0 saturated carbocycles. The molecule has 63 heavy (non-hydrogen) atoms. The number of carbonyl (C=O) groups is 2. The van der Waals surface area contributed by atoms with Crippen molar-refractivity contribution in [1.29, 1.82) is 0 Å². The van der Waals surface area contributed by atoms with Crippen molar-refractivity contribution in [2.24, 2.45) is 17.8 Å². The largest absolute Gasteiger partial charge is 0.387 e. The van der Waals surface area contributed by atoms with Gasteiger partial charge in [-0.3, -0.25) is 4.79 Å². The van der Waals surface area contributed by atoms with Gasteiger partial charge in [0.2, 0.25) is 5.91 Å². The first-order valence-electron chi connectivity index (χ1n) is 22.3. The summed E-state index contributed by atoms with van der Waals surface area (Å²) in [5.74, 6) is -2.27. The standard InChI is InChI=1S/C47H70ClN5O10/c1-26-21-46(6,58)42(63-44-39(54)37(52(8)9)19-27(2)60-44)28(3)40(62-38-22-47(7,59-10)41(55)30(5)61-38)29(4)43(56)50-34(20-31-23-49-36-14-12-11-13-35(31)36)25-53(24-26)45(57)51-33-17-15-32(48)16-18-33/h11-18,23,26-30,34,37-42,44,49,54-55,58H,19-22,24-25H2,1-10H3,(H,50,56)(H,51,57)/t26-,27-,28+,29-,30?,34?,37+,38?,39-,40+,41+,42-,44?,46-,47-/m1/s1. The van der Waals surface area contributed by atoms with E-state index in [0.29, 0.717) is 23.6 Å². The van der Waals surface area contributed by atoms with Crippen molar-refractivity contribution in [3.63, 3.8) is 0 Å². The number of hydrogen-bond acceptors (Lipinski definition) is 11. The lowest BCUT2D eigenvalue weighted by atomic mass is 9.77. The van der Waals surface area contributed by atoms with Crippen LogP contribution < -0.4 is 10.6 Å². The van der Waals surface area contributed by atoms with Gasteiger partial charge in [-0.15, -0.1) is 0 Å². The summed E-state index contributed by atoms with van der Waals surface area (Å²) in [5, 5.41) is 43.5. The third-order valence-corrected chi connectivity index (χ3v) is 13.7. The Morgan fingerprint density at radius 2 is 1.70 bits per heavy atom. The number of aliphatic hydroxyl groups is 3. The topological polar surface area (TPSA) is 187 Å². The van der Waals surface area contributed by atoms with Crippen LogP contribution in [0.3, 0.4) is 0 Å². The number of aliphatic hydroxyl groups excluding tert-OH is 2. The molecule has 4 unspecified atom stereocenters. The third kappa shape index (κ3) is 11.6. The molecule has 3 aliphatic rings. The number of nitrogens with zero attached hydrogens (tertiary/aromatic N) is 2. The molecular weight excluding hydrogens is 830 g/mol. The zero-order chi connectivity index (χ0) is 46.0. The Morgan fingerprint density at radius 3 is 2.38 bits per heavy atom. The monoisotopic (exact) mass is 899 g/mol. The number of aromatic amines is 1. The summed E-state index contributed by atoms with van der Waals surface area (Å²) in [6.07, 6.45) is -3.82. The molecule has 6 N–H and O–H groups in total. The average molecular weight is 901 g/mol. The predicted octanol–water partition coefficient (Wildman–Crippen LogP) is 5.54. The highest BCUT2D eigenvalue weighted by molar-refractivity contribution is 6.30. The molecule has 0 bridgehead atoms. The zero-order valence-electron chi connectivity index (χ0n) is 38.4. The predicted molar refractivity (Wildman–Crippen MR) is 241 cm³/mol. The third-order valence-electron chi connectivity index (χ3n) is 13.5. The molecule has 3 fully saturated rings. The van der Waals surface area contributed by atoms with Crippen LogP contribution in [-0.4, -0.2) is 149 Å². The van der Waals surface area contributed by atoms with E-state index in [1.54, 1.807) is 56.9 Å². The number of halogens is 1. The summed E-state index contributed by atoms with van der Waals surface area (Å²) in [4.78, 5) is 36.2. The number of benzene rings is 2. The van der Waals surface area contributed by atoms with Gasteiger partial charge in [0.15, 0.2) is 12.6 Å². The van der Waals surface area contributed by atoms with E-state index in [1.807, 2.05) is 70.2 Å². The van der Waals surface area contributed by atoms with Gasteiger partial charge in [0.25, 0.3) is 0 Å². The number of aromatic nitrogens is 1. The van der Waals surface area contributed by atoms with Gasteiger partial charge in [-0.25, -0.2) is 4.79 Å². The number of ether oxygens (including phenoxy) is 5. The summed E-state index contributed by atoms with van der Waals surface area (Å²) in [6.45, 7) is 13.1. The highest BCUT2D eigenvalue weighted by Gasteiger charge is 2.51. The van der Waals surface area contributed by atoms with Crippen LogP contribution in [0, 0.1) is 17.8 Å². The number of methoxy groups -OCH3 is 1. The van der Waals surface area contributed by atoms with E-state index in [0.717, 1.165) is 16.5 Å². The Morgan fingerprint density at radius 1 is 1.00 bits per heavy atom. The molecule has 3 saturated heterocycles. The Kier molecular flexibility index (Phi) is 15.9. The van der Waals surface area contributed by atoms with E-state index in [-0.39, 0.29) is 55.9 Å². The minimum Gasteiger partial charge on any atom is -0.387 e. The highest BCUT2D eigenvalue weighted by atomic mass is 35.5. The molecule has 15 atom stereocenters. The molecule has 1 aromatic heterocycles. The number of anilines is 1. The first-order valence-corrected chi connectivity index (χ1v) is 22.7. The van der Waals surface area contributed by atoms with Crippen LogP contribution in [0.25, 0.3) is 10.9 Å². The fourth-order valence-corrected chi connectivity index (χ4v) is 10.1. The Labute approximate surface area is 377 Å². The number of amides is 3. The van der Waals surface area contributed by atoms with Gasteiger partial charge in [-0.1, -0.05) is 50.6 Å². The number of hydrogen-bond donors (Lipinski definition) is 6.